The lowest BCUT2D eigenvalue weighted by molar-refractivity contribution is -0.242. The highest BCUT2D eigenvalue weighted by Crippen LogP contribution is 2.10. The van der Waals surface area contributed by atoms with Crippen molar-refractivity contribution in [3.05, 3.63) is 0 Å². The summed E-state index contributed by atoms with van der Waals surface area (Å²) < 4.78 is 0. The van der Waals surface area contributed by atoms with Crippen molar-refractivity contribution in [1.82, 2.24) is 0 Å². The van der Waals surface area contributed by atoms with E-state index in [9.17, 15) is 0 Å². The lowest BCUT2D eigenvalue weighted by Gasteiger charge is -2.01. The van der Waals surface area contributed by atoms with Crippen LogP contribution in [0.3, 0.4) is 0 Å². The average molecular weight is 262 g/mol. The molecule has 110 valence electrons. The molecule has 0 bridgehead atoms. The molecule has 4 nitrogen and oxygen atoms in total. The summed E-state index contributed by atoms with van der Waals surface area (Å²) in [4.78, 5) is 13.0. The fourth-order valence-electron chi connectivity index (χ4n) is 1.65. The van der Waals surface area contributed by atoms with Crippen molar-refractivity contribution in [3.63, 3.8) is 0 Å². The van der Waals surface area contributed by atoms with Gasteiger partial charge in [0.2, 0.25) is 0 Å². The maximum atomic E-state index is 9.00. The van der Waals surface area contributed by atoms with Gasteiger partial charge in [0.25, 0.3) is 5.97 Å². The topological polar surface area (TPSA) is 66.8 Å². The molecule has 0 spiro atoms. The van der Waals surface area contributed by atoms with E-state index in [1.54, 1.807) is 0 Å². The Labute approximate surface area is 111 Å². The van der Waals surface area contributed by atoms with Crippen LogP contribution in [0.25, 0.3) is 0 Å². The number of carboxylic acids is 1. The molecule has 4 heteroatoms. The standard InChI is InChI=1S/C12H26O2.C2H4O2/c1-2-3-4-5-6-7-8-9-10-11-12-14-13;1-2(3)4/h13H,2-12H2,1H3;1H3,(H,3,4). The van der Waals surface area contributed by atoms with Crippen LogP contribution in [0.15, 0.2) is 0 Å². The van der Waals surface area contributed by atoms with Crippen LogP contribution in [-0.2, 0) is 9.68 Å². The third-order valence-electron chi connectivity index (χ3n) is 2.59. The van der Waals surface area contributed by atoms with Crippen molar-refractivity contribution in [1.29, 1.82) is 0 Å². The molecule has 0 aliphatic carbocycles. The predicted molar refractivity (Wildman–Crippen MR) is 73.7 cm³/mol. The van der Waals surface area contributed by atoms with Crippen LogP contribution in [0.5, 0.6) is 0 Å². The number of carboxylic acid groups (broad SMARTS) is 1. The summed E-state index contributed by atoms with van der Waals surface area (Å²) in [5, 5.41) is 15.5. The average Bonchev–Trinajstić information content (AvgIpc) is 2.31. The second-order valence-corrected chi connectivity index (χ2v) is 4.53. The first-order chi connectivity index (χ1) is 8.65. The van der Waals surface area contributed by atoms with Crippen molar-refractivity contribution in [2.75, 3.05) is 6.61 Å². The van der Waals surface area contributed by atoms with Gasteiger partial charge in [-0.1, -0.05) is 64.7 Å². The van der Waals surface area contributed by atoms with Crippen LogP contribution >= 0.6 is 0 Å². The molecule has 0 atom stereocenters. The first-order valence-electron chi connectivity index (χ1n) is 7.11. The smallest absolute Gasteiger partial charge is 0.300 e. The van der Waals surface area contributed by atoms with Crippen LogP contribution in [0.2, 0.25) is 0 Å². The molecule has 0 rings (SSSR count). The molecule has 0 radical (unpaired) electrons. The summed E-state index contributed by atoms with van der Waals surface area (Å²) >= 11 is 0. The van der Waals surface area contributed by atoms with Gasteiger partial charge in [-0.2, -0.15) is 0 Å². The van der Waals surface area contributed by atoms with E-state index in [1.807, 2.05) is 0 Å². The number of unbranched alkanes of at least 4 members (excludes halogenated alkanes) is 9. The Morgan fingerprint density at radius 1 is 0.889 bits per heavy atom. The lowest BCUT2D eigenvalue weighted by Crippen LogP contribution is -1.88. The van der Waals surface area contributed by atoms with Crippen LogP contribution in [-0.4, -0.2) is 22.9 Å². The van der Waals surface area contributed by atoms with Gasteiger partial charge in [0.1, 0.15) is 0 Å². The van der Waals surface area contributed by atoms with Crippen molar-refractivity contribution >= 4 is 5.97 Å². The maximum Gasteiger partial charge on any atom is 0.300 e. The van der Waals surface area contributed by atoms with Gasteiger partial charge in [-0.25, -0.2) is 4.89 Å². The van der Waals surface area contributed by atoms with Crippen LogP contribution in [0.1, 0.15) is 78.1 Å². The quantitative estimate of drug-likeness (QED) is 0.327. The summed E-state index contributed by atoms with van der Waals surface area (Å²) in [5.41, 5.74) is 0. The van der Waals surface area contributed by atoms with E-state index in [2.05, 4.69) is 11.8 Å². The summed E-state index contributed by atoms with van der Waals surface area (Å²) in [7, 11) is 0. The van der Waals surface area contributed by atoms with Gasteiger partial charge in [0, 0.05) is 6.92 Å². The minimum absolute atomic E-state index is 0.497. The summed E-state index contributed by atoms with van der Waals surface area (Å²) in [6, 6.07) is 0. The van der Waals surface area contributed by atoms with Gasteiger partial charge in [-0.05, 0) is 6.42 Å². The SMILES string of the molecule is CC(=O)O.CCCCCCCCCCCCOO. The number of aliphatic carboxylic acids is 1. The molecular formula is C14H30O4. The van der Waals surface area contributed by atoms with E-state index in [-0.39, 0.29) is 0 Å². The summed E-state index contributed by atoms with van der Waals surface area (Å²) in [6.07, 6.45) is 13.1. The van der Waals surface area contributed by atoms with E-state index < -0.39 is 5.97 Å². The van der Waals surface area contributed by atoms with Gasteiger partial charge in [0.15, 0.2) is 0 Å². The first kappa shape index (κ1) is 19.7. The normalized spacial score (nSPS) is 9.72. The van der Waals surface area contributed by atoms with Crippen molar-refractivity contribution in [3.8, 4) is 0 Å². The molecule has 0 fully saturated rings. The van der Waals surface area contributed by atoms with E-state index in [1.165, 1.54) is 57.8 Å². The Bertz CT molecular complexity index is 144. The molecule has 0 aliphatic heterocycles. The molecule has 0 unspecified atom stereocenters. The summed E-state index contributed by atoms with van der Waals surface area (Å²) in [6.45, 7) is 3.83. The molecule has 0 aromatic carbocycles. The second kappa shape index (κ2) is 18.7. The number of hydrogen-bond acceptors (Lipinski definition) is 3. The molecule has 0 aromatic heterocycles. The van der Waals surface area contributed by atoms with E-state index in [0.717, 1.165) is 13.3 Å². The van der Waals surface area contributed by atoms with Crippen LogP contribution < -0.4 is 0 Å². The first-order valence-corrected chi connectivity index (χ1v) is 7.11. The fourth-order valence-corrected chi connectivity index (χ4v) is 1.65. The predicted octanol–water partition coefficient (Wildman–Crippen LogP) is 4.49. The van der Waals surface area contributed by atoms with Gasteiger partial charge in [-0.15, -0.1) is 0 Å². The number of rotatable bonds is 11. The highest BCUT2D eigenvalue weighted by atomic mass is 17.1. The molecule has 0 saturated carbocycles. The third-order valence-corrected chi connectivity index (χ3v) is 2.59. The fraction of sp³-hybridized carbons (Fsp3) is 0.929. The Kier molecular flexibility index (Phi) is 20.5. The monoisotopic (exact) mass is 262 g/mol. The second-order valence-electron chi connectivity index (χ2n) is 4.53. The molecule has 18 heavy (non-hydrogen) atoms. The summed E-state index contributed by atoms with van der Waals surface area (Å²) in [5.74, 6) is -0.833. The molecule has 2 N–H and O–H groups in total. The lowest BCUT2D eigenvalue weighted by atomic mass is 10.1. The minimum atomic E-state index is -0.833. The minimum Gasteiger partial charge on any atom is -0.481 e. The molecule has 0 heterocycles. The van der Waals surface area contributed by atoms with Crippen molar-refractivity contribution in [2.24, 2.45) is 0 Å². The van der Waals surface area contributed by atoms with E-state index >= 15 is 0 Å². The van der Waals surface area contributed by atoms with Crippen molar-refractivity contribution < 1.29 is 20.0 Å². The molecule has 0 amide bonds. The van der Waals surface area contributed by atoms with Gasteiger partial charge in [-0.3, -0.25) is 10.1 Å². The zero-order chi connectivity index (χ0) is 14.1. The Morgan fingerprint density at radius 3 is 1.56 bits per heavy atom. The molecular weight excluding hydrogens is 232 g/mol. The third kappa shape index (κ3) is 29.5. The Balaban J connectivity index is 0. The van der Waals surface area contributed by atoms with Crippen LogP contribution in [0, 0.1) is 0 Å². The van der Waals surface area contributed by atoms with Gasteiger partial charge >= 0.3 is 0 Å². The zero-order valence-corrected chi connectivity index (χ0v) is 12.0. The Hall–Kier alpha value is -0.610. The maximum absolute atomic E-state index is 9.00. The van der Waals surface area contributed by atoms with Crippen molar-refractivity contribution in [2.45, 2.75) is 78.1 Å². The van der Waals surface area contributed by atoms with Gasteiger partial charge in [0.05, 0.1) is 6.61 Å². The molecule has 0 aliphatic rings. The van der Waals surface area contributed by atoms with Gasteiger partial charge < -0.3 is 5.11 Å². The Morgan fingerprint density at radius 2 is 1.22 bits per heavy atom. The number of hydrogen-bond donors (Lipinski definition) is 2. The van der Waals surface area contributed by atoms with E-state index in [4.69, 9.17) is 15.2 Å². The van der Waals surface area contributed by atoms with E-state index in [0.29, 0.717) is 6.61 Å². The van der Waals surface area contributed by atoms with Crippen LogP contribution in [0.4, 0.5) is 0 Å². The number of carbonyl (C=O) groups is 1. The largest absolute Gasteiger partial charge is 0.481 e. The highest BCUT2D eigenvalue weighted by molar-refractivity contribution is 5.62. The highest BCUT2D eigenvalue weighted by Gasteiger charge is 1.92. The zero-order valence-electron chi connectivity index (χ0n) is 12.0. The molecule has 0 aromatic rings. The molecule has 0 saturated heterocycles.